The molecule has 0 fully saturated rings. The molecule has 106 valence electrons. The third-order valence-electron chi connectivity index (χ3n) is 3.28. The molecule has 4 heteroatoms. The van der Waals surface area contributed by atoms with E-state index >= 15 is 0 Å². The number of benzene rings is 2. The summed E-state index contributed by atoms with van der Waals surface area (Å²) in [5.41, 5.74) is 1.03. The van der Waals surface area contributed by atoms with E-state index in [-0.39, 0.29) is 11.6 Å². The van der Waals surface area contributed by atoms with Crippen LogP contribution in [-0.2, 0) is 0 Å². The predicted octanol–water partition coefficient (Wildman–Crippen LogP) is 5.03. The molecule has 0 radical (unpaired) electrons. The quantitative estimate of drug-likeness (QED) is 0.834. The maximum Gasteiger partial charge on any atom is 0.130 e. The highest BCUT2D eigenvalue weighted by molar-refractivity contribution is 6.30. The van der Waals surface area contributed by atoms with Crippen LogP contribution in [0, 0.1) is 11.6 Å². The maximum atomic E-state index is 13.7. The van der Waals surface area contributed by atoms with Crippen LogP contribution in [0.25, 0.3) is 0 Å². The average Bonchev–Trinajstić information content (AvgIpc) is 2.38. The first-order valence-electron chi connectivity index (χ1n) is 6.44. The van der Waals surface area contributed by atoms with Crippen molar-refractivity contribution < 1.29 is 8.78 Å². The number of halogens is 3. The Morgan fingerprint density at radius 1 is 0.950 bits per heavy atom. The molecular formula is C16H16ClF2N. The van der Waals surface area contributed by atoms with Crippen LogP contribution in [0.1, 0.15) is 37.1 Å². The van der Waals surface area contributed by atoms with Gasteiger partial charge in [-0.1, -0.05) is 29.8 Å². The normalized spacial score (nSPS) is 14.1. The van der Waals surface area contributed by atoms with Crippen LogP contribution in [-0.4, -0.2) is 0 Å². The summed E-state index contributed by atoms with van der Waals surface area (Å²) in [6.45, 7) is 3.67. The van der Waals surface area contributed by atoms with Gasteiger partial charge < -0.3 is 5.32 Å². The van der Waals surface area contributed by atoms with Crippen molar-refractivity contribution >= 4 is 11.6 Å². The summed E-state index contributed by atoms with van der Waals surface area (Å²) in [5.74, 6) is -1.08. The fraction of sp³-hybridized carbons (Fsp3) is 0.250. The molecule has 2 aromatic rings. The minimum Gasteiger partial charge on any atom is -0.303 e. The van der Waals surface area contributed by atoms with Crippen LogP contribution in [0.15, 0.2) is 42.5 Å². The van der Waals surface area contributed by atoms with Gasteiger partial charge in [-0.3, -0.25) is 0 Å². The Morgan fingerprint density at radius 3 is 2.15 bits per heavy atom. The van der Waals surface area contributed by atoms with Crippen LogP contribution in [0.5, 0.6) is 0 Å². The van der Waals surface area contributed by atoms with Crippen molar-refractivity contribution in [2.75, 3.05) is 0 Å². The van der Waals surface area contributed by atoms with E-state index in [1.54, 1.807) is 13.0 Å². The lowest BCUT2D eigenvalue weighted by Crippen LogP contribution is -2.24. The monoisotopic (exact) mass is 295 g/mol. The minimum absolute atomic E-state index is 0.0568. The van der Waals surface area contributed by atoms with E-state index in [9.17, 15) is 8.78 Å². The van der Waals surface area contributed by atoms with Gasteiger partial charge in [-0.25, -0.2) is 8.78 Å². The van der Waals surface area contributed by atoms with E-state index in [1.165, 1.54) is 18.2 Å². The van der Waals surface area contributed by atoms with Crippen LogP contribution in [0.4, 0.5) is 8.78 Å². The van der Waals surface area contributed by atoms with Crippen LogP contribution in [0.2, 0.25) is 5.02 Å². The SMILES string of the molecule is CC(N[C@H](C)c1cccc(Cl)c1)c1c(F)cccc1F. The topological polar surface area (TPSA) is 12.0 Å². The second-order valence-electron chi connectivity index (χ2n) is 4.80. The highest BCUT2D eigenvalue weighted by atomic mass is 35.5. The molecule has 0 aromatic heterocycles. The summed E-state index contributed by atoms with van der Waals surface area (Å²) >= 11 is 5.95. The second kappa shape index (κ2) is 6.33. The van der Waals surface area contributed by atoms with E-state index in [1.807, 2.05) is 25.1 Å². The van der Waals surface area contributed by atoms with Crippen LogP contribution < -0.4 is 5.32 Å². The van der Waals surface area contributed by atoms with Gasteiger partial charge in [0, 0.05) is 22.7 Å². The molecular weight excluding hydrogens is 280 g/mol. The van der Waals surface area contributed by atoms with Gasteiger partial charge in [0.2, 0.25) is 0 Å². The number of rotatable bonds is 4. The summed E-state index contributed by atoms with van der Waals surface area (Å²) < 4.78 is 27.4. The summed E-state index contributed by atoms with van der Waals surface area (Å²) in [4.78, 5) is 0. The van der Waals surface area contributed by atoms with Gasteiger partial charge in [0.1, 0.15) is 11.6 Å². The standard InChI is InChI=1S/C16H16ClF2N/c1-10(12-5-3-6-13(17)9-12)20-11(2)16-14(18)7-4-8-15(16)19/h3-11,20H,1-2H3/t10-,11?/m1/s1. The molecule has 0 aliphatic heterocycles. The van der Waals surface area contributed by atoms with Crippen molar-refractivity contribution in [2.45, 2.75) is 25.9 Å². The Bertz CT molecular complexity index is 581. The molecule has 0 saturated carbocycles. The van der Waals surface area contributed by atoms with Gasteiger partial charge in [-0.2, -0.15) is 0 Å². The first kappa shape index (κ1) is 14.9. The number of hydrogen-bond acceptors (Lipinski definition) is 1. The number of hydrogen-bond donors (Lipinski definition) is 1. The maximum absolute atomic E-state index is 13.7. The van der Waals surface area contributed by atoms with Gasteiger partial charge in [-0.15, -0.1) is 0 Å². The smallest absolute Gasteiger partial charge is 0.130 e. The molecule has 0 amide bonds. The van der Waals surface area contributed by atoms with Crippen molar-refractivity contribution in [1.29, 1.82) is 0 Å². The van der Waals surface area contributed by atoms with E-state index < -0.39 is 17.7 Å². The zero-order valence-electron chi connectivity index (χ0n) is 11.3. The largest absolute Gasteiger partial charge is 0.303 e. The van der Waals surface area contributed by atoms with Gasteiger partial charge >= 0.3 is 0 Å². The second-order valence-corrected chi connectivity index (χ2v) is 5.24. The summed E-state index contributed by atoms with van der Waals surface area (Å²) in [6, 6.07) is 10.8. The minimum atomic E-state index is -0.539. The van der Waals surface area contributed by atoms with Crippen LogP contribution >= 0.6 is 11.6 Å². The zero-order valence-corrected chi connectivity index (χ0v) is 12.1. The molecule has 20 heavy (non-hydrogen) atoms. The van der Waals surface area contributed by atoms with E-state index in [4.69, 9.17) is 11.6 Å². The Kier molecular flexibility index (Phi) is 4.73. The molecule has 0 aliphatic rings. The Balaban J connectivity index is 2.17. The third-order valence-corrected chi connectivity index (χ3v) is 3.52. The molecule has 1 nitrogen and oxygen atoms in total. The first-order valence-corrected chi connectivity index (χ1v) is 6.82. The molecule has 0 saturated heterocycles. The summed E-state index contributed by atoms with van der Waals surface area (Å²) in [5, 5.41) is 3.82. The molecule has 2 rings (SSSR count). The molecule has 0 aliphatic carbocycles. The molecule has 0 bridgehead atoms. The summed E-state index contributed by atoms with van der Waals surface area (Å²) in [6.07, 6.45) is 0. The van der Waals surface area contributed by atoms with E-state index in [2.05, 4.69) is 5.32 Å². The zero-order chi connectivity index (χ0) is 14.7. The lowest BCUT2D eigenvalue weighted by molar-refractivity contribution is 0.450. The summed E-state index contributed by atoms with van der Waals surface area (Å²) in [7, 11) is 0. The Hall–Kier alpha value is -1.45. The average molecular weight is 296 g/mol. The Labute approximate surface area is 122 Å². The lowest BCUT2D eigenvalue weighted by Gasteiger charge is -2.21. The fourth-order valence-corrected chi connectivity index (χ4v) is 2.45. The van der Waals surface area contributed by atoms with Crippen molar-refractivity contribution in [1.82, 2.24) is 5.32 Å². The fourth-order valence-electron chi connectivity index (χ4n) is 2.25. The van der Waals surface area contributed by atoms with E-state index in [0.29, 0.717) is 5.02 Å². The molecule has 0 spiro atoms. The lowest BCUT2D eigenvalue weighted by atomic mass is 10.0. The molecule has 0 heterocycles. The van der Waals surface area contributed by atoms with Crippen molar-refractivity contribution in [2.24, 2.45) is 0 Å². The third kappa shape index (κ3) is 3.35. The van der Waals surface area contributed by atoms with Gasteiger partial charge in [0.15, 0.2) is 0 Å². The Morgan fingerprint density at radius 2 is 1.55 bits per heavy atom. The van der Waals surface area contributed by atoms with Gasteiger partial charge in [-0.05, 0) is 43.7 Å². The predicted molar refractivity (Wildman–Crippen MR) is 77.8 cm³/mol. The van der Waals surface area contributed by atoms with Crippen molar-refractivity contribution in [3.8, 4) is 0 Å². The first-order chi connectivity index (χ1) is 9.49. The van der Waals surface area contributed by atoms with Gasteiger partial charge in [0.25, 0.3) is 0 Å². The highest BCUT2D eigenvalue weighted by Gasteiger charge is 2.18. The van der Waals surface area contributed by atoms with E-state index in [0.717, 1.165) is 5.56 Å². The number of nitrogens with one attached hydrogen (secondary N) is 1. The highest BCUT2D eigenvalue weighted by Crippen LogP contribution is 2.24. The van der Waals surface area contributed by atoms with Crippen LogP contribution in [0.3, 0.4) is 0 Å². The molecule has 1 unspecified atom stereocenters. The molecule has 1 N–H and O–H groups in total. The van der Waals surface area contributed by atoms with Gasteiger partial charge in [0.05, 0.1) is 0 Å². The molecule has 2 aromatic carbocycles. The van der Waals surface area contributed by atoms with Crippen molar-refractivity contribution in [3.63, 3.8) is 0 Å². The molecule has 2 atom stereocenters. The van der Waals surface area contributed by atoms with Crippen molar-refractivity contribution in [3.05, 3.63) is 70.2 Å².